The molecule has 1 aromatic carbocycles. The Morgan fingerprint density at radius 3 is 2.35 bits per heavy atom. The second kappa shape index (κ2) is 6.87. The van der Waals surface area contributed by atoms with E-state index in [-0.39, 0.29) is 10.4 Å². The third-order valence-corrected chi connectivity index (χ3v) is 4.74. The molecule has 0 saturated carbocycles. The standard InChI is InChI=1S/C19H29BN2O4/c1-18(2)19(3,4)26-20(25-18)14-7-8-16(15(13-14)17(23)24-6)22-11-9-21(5)10-12-22/h7-8,13H,9-12H2,1-6H3/i5D3,9D2,10D2,11D2,12D2. The molecule has 0 radical (unpaired) electrons. The molecular formula is C19H29BN2O4. The van der Waals surface area contributed by atoms with Crippen LogP contribution in [0, 0.1) is 0 Å². The maximum atomic E-state index is 12.8. The maximum Gasteiger partial charge on any atom is 0.494 e. The highest BCUT2D eigenvalue weighted by atomic mass is 16.7. The molecule has 2 heterocycles. The molecule has 2 aliphatic rings. The van der Waals surface area contributed by atoms with Gasteiger partial charge in [-0.3, -0.25) is 0 Å². The lowest BCUT2D eigenvalue weighted by Crippen LogP contribution is -2.45. The van der Waals surface area contributed by atoms with Gasteiger partial charge >= 0.3 is 13.1 Å². The topological polar surface area (TPSA) is 51.2 Å². The molecule has 2 saturated heterocycles. The lowest BCUT2D eigenvalue weighted by molar-refractivity contribution is 0.00578. The van der Waals surface area contributed by atoms with E-state index in [1.54, 1.807) is 27.7 Å². The minimum atomic E-state index is -3.59. The Morgan fingerprint density at radius 1 is 1.19 bits per heavy atom. The van der Waals surface area contributed by atoms with E-state index >= 15 is 0 Å². The number of piperazine rings is 1. The van der Waals surface area contributed by atoms with Crippen molar-refractivity contribution in [2.75, 3.05) is 45.0 Å². The lowest BCUT2D eigenvalue weighted by Gasteiger charge is -2.35. The number of methoxy groups -OCH3 is 1. The van der Waals surface area contributed by atoms with E-state index in [0.717, 1.165) is 13.2 Å². The predicted octanol–water partition coefficient (Wildman–Crippen LogP) is 1.52. The van der Waals surface area contributed by atoms with Crippen LogP contribution in [-0.4, -0.2) is 69.3 Å². The van der Waals surface area contributed by atoms with E-state index in [1.165, 1.54) is 12.1 Å². The normalized spacial score (nSPS) is 37.0. The number of benzene rings is 1. The Balaban J connectivity index is 2.25. The van der Waals surface area contributed by atoms with Crippen LogP contribution >= 0.6 is 0 Å². The first-order valence-electron chi connectivity index (χ1n) is 13.6. The lowest BCUT2D eigenvalue weighted by atomic mass is 9.78. The predicted molar refractivity (Wildman–Crippen MR) is 103 cm³/mol. The highest BCUT2D eigenvalue weighted by Gasteiger charge is 2.51. The van der Waals surface area contributed by atoms with E-state index in [1.807, 2.05) is 0 Å². The molecule has 6 nitrogen and oxygen atoms in total. The van der Waals surface area contributed by atoms with Gasteiger partial charge in [0.2, 0.25) is 0 Å². The fraction of sp³-hybridized carbons (Fsp3) is 0.632. The number of nitrogens with zero attached hydrogens (tertiary/aromatic N) is 2. The molecule has 0 unspecified atom stereocenters. The summed E-state index contributed by atoms with van der Waals surface area (Å²) in [5, 5.41) is 0. The molecule has 7 heteroatoms. The molecule has 2 fully saturated rings. The fourth-order valence-corrected chi connectivity index (χ4v) is 2.52. The van der Waals surface area contributed by atoms with Crippen molar-refractivity contribution in [3.05, 3.63) is 23.8 Å². The van der Waals surface area contributed by atoms with Crippen molar-refractivity contribution in [3.8, 4) is 0 Å². The Kier molecular flexibility index (Phi) is 2.53. The minimum Gasteiger partial charge on any atom is -0.465 e. The molecule has 0 N–H and O–H groups in total. The van der Waals surface area contributed by atoms with Gasteiger partial charge in [0.15, 0.2) is 0 Å². The van der Waals surface area contributed by atoms with Crippen molar-refractivity contribution in [1.82, 2.24) is 4.90 Å². The summed E-state index contributed by atoms with van der Waals surface area (Å²) in [7, 11) is 0.0587. The number of carbonyl (C=O) groups excluding carboxylic acids is 1. The van der Waals surface area contributed by atoms with Gasteiger partial charge in [-0.2, -0.15) is 0 Å². The van der Waals surface area contributed by atoms with Gasteiger partial charge in [-0.05, 0) is 52.3 Å². The first-order chi connectivity index (χ1) is 16.4. The van der Waals surface area contributed by atoms with E-state index in [4.69, 9.17) is 29.1 Å². The van der Waals surface area contributed by atoms with Crippen LogP contribution in [0.2, 0.25) is 0 Å². The van der Waals surface area contributed by atoms with Gasteiger partial charge in [-0.15, -0.1) is 0 Å². The van der Waals surface area contributed by atoms with Crippen LogP contribution < -0.4 is 10.4 Å². The molecule has 1 aromatic rings. The number of esters is 1. The van der Waals surface area contributed by atoms with Crippen LogP contribution in [0.4, 0.5) is 5.69 Å². The molecule has 0 aromatic heterocycles. The summed E-state index contributed by atoms with van der Waals surface area (Å²) in [6, 6.07) is 3.65. The van der Waals surface area contributed by atoms with Gasteiger partial charge in [0, 0.05) is 35.6 Å². The Morgan fingerprint density at radius 2 is 1.81 bits per heavy atom. The number of carbonyl (C=O) groups is 1. The molecule has 0 atom stereocenters. The summed E-state index contributed by atoms with van der Waals surface area (Å²) in [6.45, 7) is -10.5. The zero-order valence-electron chi connectivity index (χ0n) is 26.3. The van der Waals surface area contributed by atoms with E-state index in [9.17, 15) is 4.79 Å². The summed E-state index contributed by atoms with van der Waals surface area (Å²) in [5.74, 6) is -1.06. The third-order valence-electron chi connectivity index (χ3n) is 4.74. The largest absolute Gasteiger partial charge is 0.494 e. The number of anilines is 1. The van der Waals surface area contributed by atoms with Crippen molar-refractivity contribution in [1.29, 1.82) is 0 Å². The average molecular weight is 371 g/mol. The Bertz CT molecular complexity index is 1050. The second-order valence-corrected chi connectivity index (χ2v) is 6.97. The monoisotopic (exact) mass is 371 g/mol. The molecule has 3 rings (SSSR count). The number of rotatable bonds is 3. The Hall–Kier alpha value is -1.57. The van der Waals surface area contributed by atoms with Gasteiger partial charge in [0.05, 0.1) is 35.0 Å². The van der Waals surface area contributed by atoms with Gasteiger partial charge in [-0.25, -0.2) is 4.79 Å². The second-order valence-electron chi connectivity index (χ2n) is 6.97. The van der Waals surface area contributed by atoms with Crippen LogP contribution in [0.5, 0.6) is 0 Å². The van der Waals surface area contributed by atoms with Crippen LogP contribution in [0.25, 0.3) is 0 Å². The fourth-order valence-electron chi connectivity index (χ4n) is 2.52. The first kappa shape index (κ1) is 9.58. The number of hydrogen-bond acceptors (Lipinski definition) is 6. The smallest absolute Gasteiger partial charge is 0.465 e. The van der Waals surface area contributed by atoms with Crippen LogP contribution in [0.3, 0.4) is 0 Å². The van der Waals surface area contributed by atoms with Gasteiger partial charge in [-0.1, -0.05) is 6.07 Å². The van der Waals surface area contributed by atoms with E-state index in [2.05, 4.69) is 0 Å². The van der Waals surface area contributed by atoms with Crippen molar-refractivity contribution in [2.45, 2.75) is 38.9 Å². The zero-order valence-corrected chi connectivity index (χ0v) is 15.3. The maximum absolute atomic E-state index is 12.8. The summed E-state index contributed by atoms with van der Waals surface area (Å²) in [5.41, 5.74) is -2.18. The minimum absolute atomic E-state index is 0.114. The van der Waals surface area contributed by atoms with E-state index < -0.39 is 73.4 Å². The molecule has 0 spiro atoms. The highest BCUT2D eigenvalue weighted by molar-refractivity contribution is 6.62. The molecular weight excluding hydrogens is 331 g/mol. The molecule has 0 aliphatic carbocycles. The van der Waals surface area contributed by atoms with Gasteiger partial charge in [0.25, 0.3) is 0 Å². The SMILES string of the molecule is [2H]C([2H])([2H])N1C([2H])([2H])C([2H])([2H])N(c2ccc(B3OC(C)(C)C(C)(C)O3)cc2C(=O)OC)C([2H])([2H])C1([2H])[2H]. The molecule has 2 aliphatic heterocycles. The summed E-state index contributed by atoms with van der Waals surface area (Å²) in [4.78, 5) is 12.5. The summed E-state index contributed by atoms with van der Waals surface area (Å²) in [6.07, 6.45) is 0. The van der Waals surface area contributed by atoms with Crippen molar-refractivity contribution < 1.29 is 33.9 Å². The number of ether oxygens (including phenoxy) is 1. The molecule has 142 valence electrons. The van der Waals surface area contributed by atoms with Gasteiger partial charge < -0.3 is 23.8 Å². The van der Waals surface area contributed by atoms with Crippen molar-refractivity contribution in [3.63, 3.8) is 0 Å². The quantitative estimate of drug-likeness (QED) is 0.593. The third kappa shape index (κ3) is 3.48. The highest BCUT2D eigenvalue weighted by Crippen LogP contribution is 2.36. The Labute approximate surface area is 172 Å². The first-order valence-corrected chi connectivity index (χ1v) is 8.06. The number of hydrogen-bond donors (Lipinski definition) is 0. The zero-order chi connectivity index (χ0) is 28.8. The molecule has 0 bridgehead atoms. The van der Waals surface area contributed by atoms with Gasteiger partial charge in [0.1, 0.15) is 0 Å². The summed E-state index contributed by atoms with van der Waals surface area (Å²) < 4.78 is 107. The molecule has 26 heavy (non-hydrogen) atoms. The van der Waals surface area contributed by atoms with Crippen molar-refractivity contribution >= 4 is 24.2 Å². The van der Waals surface area contributed by atoms with Crippen molar-refractivity contribution in [2.24, 2.45) is 0 Å². The van der Waals surface area contributed by atoms with Crippen LogP contribution in [-0.2, 0) is 14.0 Å². The van der Waals surface area contributed by atoms with E-state index in [0.29, 0.717) is 0 Å². The summed E-state index contributed by atoms with van der Waals surface area (Å²) >= 11 is 0. The number of likely N-dealkylation sites (N-methyl/N-ethyl adjacent to an activating group) is 1. The van der Waals surface area contributed by atoms with Crippen LogP contribution in [0.15, 0.2) is 18.2 Å². The van der Waals surface area contributed by atoms with Crippen LogP contribution in [0.1, 0.15) is 53.1 Å². The molecule has 0 amide bonds. The average Bonchev–Trinajstić information content (AvgIpc) is 2.91.